The number of hydrogen-bond acceptors (Lipinski definition) is 4. The first kappa shape index (κ1) is 14.8. The largest absolute Gasteiger partial charge is 0.378 e. The standard InChI is InChI=1S/C11H18N4O2.ClH/c12-11-13-8-9(14-11)2-1-3-10(16)15-4-6-17-7-5-15;/h8H,1-7H2,(H3,12,13,14);1H. The maximum atomic E-state index is 11.8. The van der Waals surface area contributed by atoms with Crippen LogP contribution in [0.3, 0.4) is 0 Å². The van der Waals surface area contributed by atoms with E-state index in [0.717, 1.165) is 31.6 Å². The number of hydrogen-bond donors (Lipinski definition) is 2. The molecule has 0 aromatic carbocycles. The van der Waals surface area contributed by atoms with Gasteiger partial charge in [0.05, 0.1) is 19.4 Å². The summed E-state index contributed by atoms with van der Waals surface area (Å²) in [6.45, 7) is 2.75. The van der Waals surface area contributed by atoms with Crippen LogP contribution in [0.4, 0.5) is 5.95 Å². The third-order valence-corrected chi connectivity index (χ3v) is 2.85. The van der Waals surface area contributed by atoms with E-state index in [0.29, 0.717) is 25.6 Å². The Morgan fingerprint density at radius 1 is 1.50 bits per heavy atom. The minimum Gasteiger partial charge on any atom is -0.378 e. The van der Waals surface area contributed by atoms with Crippen LogP contribution < -0.4 is 5.73 Å². The van der Waals surface area contributed by atoms with Gasteiger partial charge in [0.15, 0.2) is 5.95 Å². The normalized spacial score (nSPS) is 15.2. The van der Waals surface area contributed by atoms with Crippen molar-refractivity contribution < 1.29 is 9.53 Å². The van der Waals surface area contributed by atoms with Crippen molar-refractivity contribution in [2.75, 3.05) is 32.0 Å². The fourth-order valence-corrected chi connectivity index (χ4v) is 1.90. The van der Waals surface area contributed by atoms with Crippen LogP contribution in [0.15, 0.2) is 6.20 Å². The summed E-state index contributed by atoms with van der Waals surface area (Å²) in [6.07, 6.45) is 3.91. The third-order valence-electron chi connectivity index (χ3n) is 2.85. The number of nitrogens with zero attached hydrogens (tertiary/aromatic N) is 2. The number of nitrogens with one attached hydrogen (secondary N) is 1. The summed E-state index contributed by atoms with van der Waals surface area (Å²) < 4.78 is 5.21. The highest BCUT2D eigenvalue weighted by Crippen LogP contribution is 2.07. The van der Waals surface area contributed by atoms with Crippen LogP contribution in [-0.2, 0) is 16.0 Å². The van der Waals surface area contributed by atoms with Gasteiger partial charge in [0.1, 0.15) is 0 Å². The lowest BCUT2D eigenvalue weighted by molar-refractivity contribution is -0.135. The summed E-state index contributed by atoms with van der Waals surface area (Å²) in [5.41, 5.74) is 6.45. The smallest absolute Gasteiger partial charge is 0.222 e. The molecule has 18 heavy (non-hydrogen) atoms. The Kier molecular flexibility index (Phi) is 5.94. The first-order chi connectivity index (χ1) is 8.25. The molecule has 1 amide bonds. The predicted molar refractivity (Wildman–Crippen MR) is 70.6 cm³/mol. The highest BCUT2D eigenvalue weighted by molar-refractivity contribution is 5.85. The predicted octanol–water partition coefficient (Wildman–Crippen LogP) is 0.595. The topological polar surface area (TPSA) is 84.2 Å². The van der Waals surface area contributed by atoms with Gasteiger partial charge in [0, 0.05) is 25.2 Å². The van der Waals surface area contributed by atoms with Gasteiger partial charge in [-0.15, -0.1) is 12.4 Å². The summed E-state index contributed by atoms with van der Waals surface area (Å²) >= 11 is 0. The first-order valence-electron chi connectivity index (χ1n) is 5.90. The van der Waals surface area contributed by atoms with E-state index in [9.17, 15) is 4.79 Å². The van der Waals surface area contributed by atoms with Crippen LogP contribution in [-0.4, -0.2) is 47.1 Å². The molecule has 1 aliphatic rings. The number of nitrogens with two attached hydrogens (primary N) is 1. The molecule has 1 saturated heterocycles. The number of carbonyl (C=O) groups is 1. The molecule has 102 valence electrons. The van der Waals surface area contributed by atoms with Gasteiger partial charge in [-0.05, 0) is 12.8 Å². The zero-order valence-corrected chi connectivity index (χ0v) is 11.0. The molecule has 1 fully saturated rings. The van der Waals surface area contributed by atoms with Crippen molar-refractivity contribution in [3.05, 3.63) is 11.9 Å². The Hall–Kier alpha value is -1.27. The first-order valence-corrected chi connectivity index (χ1v) is 5.90. The number of ether oxygens (including phenoxy) is 1. The van der Waals surface area contributed by atoms with Gasteiger partial charge in [0.2, 0.25) is 5.91 Å². The fourth-order valence-electron chi connectivity index (χ4n) is 1.90. The van der Waals surface area contributed by atoms with Crippen LogP contribution in [0.2, 0.25) is 0 Å². The van der Waals surface area contributed by atoms with Gasteiger partial charge in [-0.1, -0.05) is 0 Å². The molecule has 1 aromatic heterocycles. The number of aryl methyl sites for hydroxylation is 1. The highest BCUT2D eigenvalue weighted by Gasteiger charge is 2.16. The zero-order chi connectivity index (χ0) is 12.1. The Labute approximate surface area is 112 Å². The molecule has 0 unspecified atom stereocenters. The van der Waals surface area contributed by atoms with Crippen molar-refractivity contribution >= 4 is 24.3 Å². The summed E-state index contributed by atoms with van der Waals surface area (Å²) in [6, 6.07) is 0. The molecule has 0 spiro atoms. The summed E-state index contributed by atoms with van der Waals surface area (Å²) in [4.78, 5) is 20.5. The number of aromatic amines is 1. The number of aromatic nitrogens is 2. The number of imidazole rings is 1. The number of carbonyl (C=O) groups excluding carboxylic acids is 1. The van der Waals surface area contributed by atoms with E-state index in [2.05, 4.69) is 9.97 Å². The Morgan fingerprint density at radius 2 is 2.22 bits per heavy atom. The number of halogens is 1. The molecule has 7 heteroatoms. The second kappa shape index (κ2) is 7.23. The van der Waals surface area contributed by atoms with E-state index in [1.165, 1.54) is 0 Å². The van der Waals surface area contributed by atoms with Gasteiger partial charge in [-0.25, -0.2) is 4.98 Å². The molecular weight excluding hydrogens is 256 g/mol. The molecule has 0 aliphatic carbocycles. The summed E-state index contributed by atoms with van der Waals surface area (Å²) in [7, 11) is 0. The molecular formula is C11H19ClN4O2. The van der Waals surface area contributed by atoms with Crippen LogP contribution in [0.5, 0.6) is 0 Å². The Balaban J connectivity index is 0.00000162. The van der Waals surface area contributed by atoms with E-state index < -0.39 is 0 Å². The molecule has 2 rings (SSSR count). The number of H-pyrrole nitrogens is 1. The fraction of sp³-hybridized carbons (Fsp3) is 0.636. The third kappa shape index (κ3) is 4.19. The maximum Gasteiger partial charge on any atom is 0.222 e. The Morgan fingerprint density at radius 3 is 2.83 bits per heavy atom. The Bertz CT molecular complexity index is 377. The SMILES string of the molecule is Cl.Nc1ncc(CCCC(=O)N2CCOCC2)[nH]1. The number of nitrogen functional groups attached to an aromatic ring is 1. The number of morpholine rings is 1. The van der Waals surface area contributed by atoms with E-state index in [1.54, 1.807) is 6.20 Å². The highest BCUT2D eigenvalue weighted by atomic mass is 35.5. The molecule has 3 N–H and O–H groups in total. The second-order valence-corrected chi connectivity index (χ2v) is 4.14. The van der Waals surface area contributed by atoms with E-state index in [4.69, 9.17) is 10.5 Å². The molecule has 1 aliphatic heterocycles. The van der Waals surface area contributed by atoms with Crippen molar-refractivity contribution in [1.82, 2.24) is 14.9 Å². The van der Waals surface area contributed by atoms with Gasteiger partial charge in [-0.3, -0.25) is 4.79 Å². The monoisotopic (exact) mass is 274 g/mol. The van der Waals surface area contributed by atoms with E-state index in [1.807, 2.05) is 4.90 Å². The van der Waals surface area contributed by atoms with Crippen molar-refractivity contribution in [3.8, 4) is 0 Å². The molecule has 0 bridgehead atoms. The minimum atomic E-state index is 0. The van der Waals surface area contributed by atoms with E-state index in [-0.39, 0.29) is 18.3 Å². The van der Waals surface area contributed by atoms with Crippen molar-refractivity contribution in [1.29, 1.82) is 0 Å². The van der Waals surface area contributed by atoms with E-state index >= 15 is 0 Å². The maximum absolute atomic E-state index is 11.8. The van der Waals surface area contributed by atoms with Crippen LogP contribution in [0, 0.1) is 0 Å². The van der Waals surface area contributed by atoms with Crippen LogP contribution >= 0.6 is 12.4 Å². The van der Waals surface area contributed by atoms with Crippen LogP contribution in [0.1, 0.15) is 18.5 Å². The molecule has 1 aromatic rings. The minimum absolute atomic E-state index is 0. The van der Waals surface area contributed by atoms with Gasteiger partial charge in [0.25, 0.3) is 0 Å². The quantitative estimate of drug-likeness (QED) is 0.842. The second-order valence-electron chi connectivity index (χ2n) is 4.14. The molecule has 0 radical (unpaired) electrons. The summed E-state index contributed by atoms with van der Waals surface area (Å²) in [5.74, 6) is 0.639. The lowest BCUT2D eigenvalue weighted by Crippen LogP contribution is -2.40. The van der Waals surface area contributed by atoms with Crippen LogP contribution in [0.25, 0.3) is 0 Å². The summed E-state index contributed by atoms with van der Waals surface area (Å²) in [5, 5.41) is 0. The molecule has 6 nitrogen and oxygen atoms in total. The molecule has 0 saturated carbocycles. The zero-order valence-electron chi connectivity index (χ0n) is 10.2. The molecule has 0 atom stereocenters. The number of anilines is 1. The van der Waals surface area contributed by atoms with Crippen molar-refractivity contribution in [2.45, 2.75) is 19.3 Å². The van der Waals surface area contributed by atoms with Gasteiger partial charge in [-0.2, -0.15) is 0 Å². The van der Waals surface area contributed by atoms with Gasteiger partial charge >= 0.3 is 0 Å². The lowest BCUT2D eigenvalue weighted by atomic mass is 10.2. The lowest BCUT2D eigenvalue weighted by Gasteiger charge is -2.26. The van der Waals surface area contributed by atoms with Crippen molar-refractivity contribution in [3.63, 3.8) is 0 Å². The average Bonchev–Trinajstić information content (AvgIpc) is 2.76. The molecule has 2 heterocycles. The van der Waals surface area contributed by atoms with Gasteiger partial charge < -0.3 is 20.4 Å². The van der Waals surface area contributed by atoms with Crippen molar-refractivity contribution in [2.24, 2.45) is 0 Å². The number of rotatable bonds is 4. The average molecular weight is 275 g/mol. The number of amides is 1.